The highest BCUT2D eigenvalue weighted by Gasteiger charge is 2.51. The first-order valence-corrected chi connectivity index (χ1v) is 13.3. The molecule has 2 aliphatic heterocycles. The van der Waals surface area contributed by atoms with Crippen molar-refractivity contribution in [2.75, 3.05) is 20.3 Å². The van der Waals surface area contributed by atoms with E-state index in [2.05, 4.69) is 0 Å². The summed E-state index contributed by atoms with van der Waals surface area (Å²) < 4.78 is 33.4. The molecule has 8 N–H and O–H groups in total. The molecule has 0 amide bonds. The maximum Gasteiger partial charge on any atom is 0.229 e. The summed E-state index contributed by atoms with van der Waals surface area (Å²) in [6, 6.07) is 10.0. The van der Waals surface area contributed by atoms with E-state index in [0.29, 0.717) is 5.56 Å². The third-order valence-electron chi connectivity index (χ3n) is 7.37. The number of rotatable bonds is 8. The highest BCUT2D eigenvalue weighted by atomic mass is 16.8. The lowest BCUT2D eigenvalue weighted by Gasteiger charge is -2.45. The summed E-state index contributed by atoms with van der Waals surface area (Å²) in [4.78, 5) is 12.7. The third kappa shape index (κ3) is 6.05. The molecule has 2 fully saturated rings. The van der Waals surface area contributed by atoms with Crippen LogP contribution >= 0.6 is 0 Å². The van der Waals surface area contributed by atoms with Gasteiger partial charge in [0.25, 0.3) is 0 Å². The molecule has 15 heteroatoms. The highest BCUT2D eigenvalue weighted by molar-refractivity contribution is 5.86. The van der Waals surface area contributed by atoms with Crippen LogP contribution in [-0.4, -0.2) is 123 Å². The number of phenolic OH excluding ortho intramolecular Hbond substituents is 1. The first-order chi connectivity index (χ1) is 20.6. The van der Waals surface area contributed by atoms with Gasteiger partial charge in [-0.15, -0.1) is 0 Å². The minimum absolute atomic E-state index is 0.0106. The average molecular weight is 609 g/mol. The average Bonchev–Trinajstić information content (AvgIpc) is 3.00. The van der Waals surface area contributed by atoms with Crippen molar-refractivity contribution < 1.29 is 69.0 Å². The zero-order valence-electron chi connectivity index (χ0n) is 22.7. The Morgan fingerprint density at radius 1 is 0.767 bits per heavy atom. The van der Waals surface area contributed by atoms with Gasteiger partial charge in [0.05, 0.1) is 20.3 Å². The van der Waals surface area contributed by atoms with Gasteiger partial charge in [-0.25, -0.2) is 0 Å². The molecule has 15 nitrogen and oxygen atoms in total. The summed E-state index contributed by atoms with van der Waals surface area (Å²) >= 11 is 0. The number of fused-ring (bicyclic) bond motifs is 1. The number of aliphatic hydroxyl groups is 7. The number of hydrogen-bond acceptors (Lipinski definition) is 15. The van der Waals surface area contributed by atoms with Crippen LogP contribution in [0.2, 0.25) is 0 Å². The molecule has 0 spiro atoms. The molecule has 43 heavy (non-hydrogen) atoms. The van der Waals surface area contributed by atoms with Crippen LogP contribution < -0.4 is 14.9 Å². The molecule has 3 aromatic rings. The van der Waals surface area contributed by atoms with Crippen molar-refractivity contribution in [3.05, 3.63) is 52.7 Å². The maximum absolute atomic E-state index is 12.7. The van der Waals surface area contributed by atoms with Gasteiger partial charge in [-0.2, -0.15) is 0 Å². The second-order valence-electron chi connectivity index (χ2n) is 10.1. The molecule has 2 aromatic carbocycles. The Morgan fingerprint density at radius 2 is 1.40 bits per heavy atom. The van der Waals surface area contributed by atoms with E-state index in [9.17, 15) is 45.6 Å². The van der Waals surface area contributed by atoms with E-state index in [1.165, 1.54) is 37.4 Å². The first-order valence-electron chi connectivity index (χ1n) is 13.3. The zero-order chi connectivity index (χ0) is 31.0. The molecule has 2 aliphatic rings. The van der Waals surface area contributed by atoms with Gasteiger partial charge < -0.3 is 69.0 Å². The molecule has 10 atom stereocenters. The fraction of sp³-hybridized carbons (Fsp3) is 0.464. The minimum atomic E-state index is -1.81. The molecule has 1 aromatic heterocycles. The van der Waals surface area contributed by atoms with Crippen molar-refractivity contribution in [3.63, 3.8) is 0 Å². The molecule has 0 radical (unpaired) electrons. The predicted molar refractivity (Wildman–Crippen MR) is 143 cm³/mol. The van der Waals surface area contributed by atoms with Crippen LogP contribution in [0.1, 0.15) is 0 Å². The Kier molecular flexibility index (Phi) is 9.19. The lowest BCUT2D eigenvalue weighted by molar-refractivity contribution is -0.357. The number of phenols is 1. The summed E-state index contributed by atoms with van der Waals surface area (Å²) in [5.41, 5.74) is 0.0743. The minimum Gasteiger partial charge on any atom is -0.507 e. The van der Waals surface area contributed by atoms with Gasteiger partial charge in [0.2, 0.25) is 6.29 Å². The molecular formula is C28H32O15. The number of aromatic hydroxyl groups is 1. The van der Waals surface area contributed by atoms with Crippen LogP contribution in [0.5, 0.6) is 17.2 Å². The Hall–Kier alpha value is -3.35. The van der Waals surface area contributed by atoms with Crippen molar-refractivity contribution in [2.45, 2.75) is 61.4 Å². The monoisotopic (exact) mass is 608 g/mol. The van der Waals surface area contributed by atoms with E-state index >= 15 is 0 Å². The van der Waals surface area contributed by atoms with Gasteiger partial charge in [0.15, 0.2) is 17.8 Å². The van der Waals surface area contributed by atoms with Crippen LogP contribution in [0, 0.1) is 0 Å². The Labute approximate surface area is 243 Å². The van der Waals surface area contributed by atoms with Gasteiger partial charge >= 0.3 is 0 Å². The van der Waals surface area contributed by atoms with E-state index in [1.54, 1.807) is 12.1 Å². The lowest BCUT2D eigenvalue weighted by atomic mass is 9.97. The maximum atomic E-state index is 12.7. The van der Waals surface area contributed by atoms with Gasteiger partial charge in [-0.1, -0.05) is 0 Å². The summed E-state index contributed by atoms with van der Waals surface area (Å²) in [5, 5.41) is 81.1. The van der Waals surface area contributed by atoms with Gasteiger partial charge in [-0.05, 0) is 24.3 Å². The normalized spacial score (nSPS) is 32.9. The van der Waals surface area contributed by atoms with Crippen LogP contribution in [0.3, 0.4) is 0 Å². The number of aliphatic hydroxyl groups excluding tert-OH is 7. The number of ether oxygens (including phenoxy) is 5. The van der Waals surface area contributed by atoms with Crippen LogP contribution in [0.4, 0.5) is 0 Å². The van der Waals surface area contributed by atoms with E-state index in [0.717, 1.165) is 0 Å². The Bertz CT molecular complexity index is 1460. The molecule has 5 rings (SSSR count). The molecule has 0 unspecified atom stereocenters. The van der Waals surface area contributed by atoms with Crippen molar-refractivity contribution in [3.8, 4) is 28.6 Å². The number of benzene rings is 2. The standard InChI is InChI=1S/C28H32O15/c1-38-13-6-14(31)20-15(32)8-16(40-17(20)7-13)11-2-4-12(5-3-11)39-28-26(24(36)22(34)19(10-30)42-28)43-27-25(37)23(35)21(33)18(9-29)41-27/h2-8,18-19,21-31,33-37H,9-10H2,1H3/t18-,19-,21-,22-,23+,24+,25-,26-,27+,28-/m1/s1. The van der Waals surface area contributed by atoms with Gasteiger partial charge in [0, 0.05) is 23.8 Å². The molecule has 2 saturated heterocycles. The SMILES string of the molecule is COc1cc(O)c2c(=O)cc(-c3ccc(O[C@@H]4O[C@H](CO)[C@@H](O)[C@H](O)[C@H]4O[C@@H]4O[C@H](CO)[C@@H](O)[C@H](O)[C@H]4O)cc3)oc2c1. The number of methoxy groups -OCH3 is 1. The first kappa shape index (κ1) is 31.1. The van der Waals surface area contributed by atoms with Gasteiger partial charge in [0.1, 0.15) is 76.7 Å². The quantitative estimate of drug-likeness (QED) is 0.140. The highest BCUT2D eigenvalue weighted by Crippen LogP contribution is 2.33. The molecular weight excluding hydrogens is 576 g/mol. The Balaban J connectivity index is 1.39. The predicted octanol–water partition coefficient (Wildman–Crippen LogP) is -1.82. The van der Waals surface area contributed by atoms with E-state index in [1.807, 2.05) is 0 Å². The summed E-state index contributed by atoms with van der Waals surface area (Å²) in [6.07, 6.45) is -15.9. The largest absolute Gasteiger partial charge is 0.507 e. The molecule has 0 bridgehead atoms. The lowest BCUT2D eigenvalue weighted by Crippen LogP contribution is -2.65. The van der Waals surface area contributed by atoms with Crippen LogP contribution in [-0.2, 0) is 14.2 Å². The van der Waals surface area contributed by atoms with E-state index < -0.39 is 80.1 Å². The smallest absolute Gasteiger partial charge is 0.229 e. The van der Waals surface area contributed by atoms with Crippen molar-refractivity contribution in [1.29, 1.82) is 0 Å². The fourth-order valence-electron chi connectivity index (χ4n) is 4.97. The summed E-state index contributed by atoms with van der Waals surface area (Å²) in [5.74, 6) is 0.322. The fourth-order valence-corrected chi connectivity index (χ4v) is 4.97. The Morgan fingerprint density at radius 3 is 2.02 bits per heavy atom. The van der Waals surface area contributed by atoms with Crippen LogP contribution in [0.25, 0.3) is 22.3 Å². The van der Waals surface area contributed by atoms with Crippen molar-refractivity contribution in [1.82, 2.24) is 0 Å². The van der Waals surface area contributed by atoms with Crippen LogP contribution in [0.15, 0.2) is 51.7 Å². The van der Waals surface area contributed by atoms with Crippen molar-refractivity contribution in [2.24, 2.45) is 0 Å². The third-order valence-corrected chi connectivity index (χ3v) is 7.37. The second-order valence-corrected chi connectivity index (χ2v) is 10.1. The molecule has 234 valence electrons. The molecule has 0 saturated carbocycles. The van der Waals surface area contributed by atoms with Gasteiger partial charge in [-0.3, -0.25) is 4.79 Å². The molecule has 3 heterocycles. The van der Waals surface area contributed by atoms with Crippen molar-refractivity contribution >= 4 is 11.0 Å². The van der Waals surface area contributed by atoms with E-state index in [4.69, 9.17) is 28.1 Å². The summed E-state index contributed by atoms with van der Waals surface area (Å²) in [6.45, 7) is -1.41. The van der Waals surface area contributed by atoms with E-state index in [-0.39, 0.29) is 34.0 Å². The number of hydrogen-bond donors (Lipinski definition) is 8. The second kappa shape index (κ2) is 12.7. The summed E-state index contributed by atoms with van der Waals surface area (Å²) in [7, 11) is 1.40. The topological polar surface area (TPSA) is 238 Å². The zero-order valence-corrected chi connectivity index (χ0v) is 22.7. The molecule has 0 aliphatic carbocycles.